The molecule has 132 valence electrons. The second-order valence-electron chi connectivity index (χ2n) is 6.74. The summed E-state index contributed by atoms with van der Waals surface area (Å²) in [7, 11) is 0. The van der Waals surface area contributed by atoms with Crippen molar-refractivity contribution in [1.29, 1.82) is 0 Å². The third-order valence-corrected chi connectivity index (χ3v) is 4.87. The van der Waals surface area contributed by atoms with E-state index in [0.717, 1.165) is 47.2 Å². The first-order valence-corrected chi connectivity index (χ1v) is 9.08. The van der Waals surface area contributed by atoms with Crippen LogP contribution >= 0.6 is 0 Å². The number of amides is 1. The van der Waals surface area contributed by atoms with Crippen molar-refractivity contribution in [3.05, 3.63) is 65.7 Å². The highest BCUT2D eigenvalue weighted by Gasteiger charge is 2.19. The normalized spacial score (nSPS) is 16.7. The minimum absolute atomic E-state index is 0.0734. The van der Waals surface area contributed by atoms with E-state index in [1.54, 1.807) is 0 Å². The summed E-state index contributed by atoms with van der Waals surface area (Å²) >= 11 is 0. The van der Waals surface area contributed by atoms with Crippen molar-refractivity contribution < 1.29 is 9.53 Å². The third kappa shape index (κ3) is 3.33. The zero-order valence-electron chi connectivity index (χ0n) is 14.9. The number of nitrogens with one attached hydrogen (secondary N) is 1. The number of para-hydroxylation sites is 1. The number of pyridine rings is 1. The molecule has 0 unspecified atom stereocenters. The van der Waals surface area contributed by atoms with Crippen LogP contribution in [0.15, 0.2) is 54.6 Å². The number of aryl methyl sites for hydroxylation is 1. The molecule has 1 aromatic heterocycles. The average Bonchev–Trinajstić information content (AvgIpc) is 3.20. The van der Waals surface area contributed by atoms with E-state index in [0.29, 0.717) is 12.1 Å². The number of hydrogen-bond acceptors (Lipinski definition) is 3. The Morgan fingerprint density at radius 1 is 1.19 bits per heavy atom. The summed E-state index contributed by atoms with van der Waals surface area (Å²) in [5.41, 5.74) is 4.42. The molecule has 1 aliphatic rings. The zero-order valence-corrected chi connectivity index (χ0v) is 14.9. The summed E-state index contributed by atoms with van der Waals surface area (Å²) < 4.78 is 5.61. The predicted octanol–water partition coefficient (Wildman–Crippen LogP) is 4.12. The smallest absolute Gasteiger partial charge is 0.252 e. The molecular formula is C22H22N2O2. The van der Waals surface area contributed by atoms with E-state index in [2.05, 4.69) is 5.32 Å². The van der Waals surface area contributed by atoms with Gasteiger partial charge in [0, 0.05) is 24.1 Å². The molecule has 1 atom stereocenters. The lowest BCUT2D eigenvalue weighted by Crippen LogP contribution is -2.32. The molecule has 0 radical (unpaired) electrons. The Balaban J connectivity index is 1.74. The first-order valence-electron chi connectivity index (χ1n) is 9.08. The van der Waals surface area contributed by atoms with Crippen LogP contribution in [0.5, 0.6) is 0 Å². The van der Waals surface area contributed by atoms with Gasteiger partial charge in [-0.05, 0) is 31.4 Å². The van der Waals surface area contributed by atoms with E-state index in [4.69, 9.17) is 9.72 Å². The molecule has 3 aromatic rings. The highest BCUT2D eigenvalue weighted by Crippen LogP contribution is 2.26. The van der Waals surface area contributed by atoms with E-state index in [9.17, 15) is 4.79 Å². The number of fused-ring (bicyclic) bond motifs is 1. The second-order valence-corrected chi connectivity index (χ2v) is 6.74. The fourth-order valence-corrected chi connectivity index (χ4v) is 3.44. The van der Waals surface area contributed by atoms with Crippen LogP contribution in [0, 0.1) is 6.92 Å². The molecule has 1 fully saturated rings. The van der Waals surface area contributed by atoms with Gasteiger partial charge < -0.3 is 10.1 Å². The Labute approximate surface area is 153 Å². The van der Waals surface area contributed by atoms with Crippen molar-refractivity contribution in [2.75, 3.05) is 13.2 Å². The van der Waals surface area contributed by atoms with Gasteiger partial charge in [0.2, 0.25) is 0 Å². The minimum Gasteiger partial charge on any atom is -0.376 e. The summed E-state index contributed by atoms with van der Waals surface area (Å²) in [4.78, 5) is 17.7. The van der Waals surface area contributed by atoms with Gasteiger partial charge in [-0.1, -0.05) is 48.5 Å². The molecule has 2 heterocycles. The molecule has 0 saturated carbocycles. The maximum absolute atomic E-state index is 12.9. The first-order chi connectivity index (χ1) is 12.7. The molecule has 1 amide bonds. The van der Waals surface area contributed by atoms with Gasteiger partial charge in [-0.2, -0.15) is 0 Å². The van der Waals surface area contributed by atoms with Crippen LogP contribution in [-0.2, 0) is 4.74 Å². The van der Waals surface area contributed by atoms with Gasteiger partial charge in [0.15, 0.2) is 0 Å². The molecule has 4 nitrogen and oxygen atoms in total. The number of ether oxygens (including phenoxy) is 1. The van der Waals surface area contributed by atoms with Gasteiger partial charge in [0.05, 0.1) is 22.9 Å². The zero-order chi connectivity index (χ0) is 17.9. The molecule has 1 N–H and O–H groups in total. The van der Waals surface area contributed by atoms with E-state index in [1.807, 2.05) is 61.5 Å². The number of nitrogens with zero attached hydrogens (tertiary/aromatic N) is 1. The fourth-order valence-electron chi connectivity index (χ4n) is 3.44. The van der Waals surface area contributed by atoms with Crippen molar-refractivity contribution >= 4 is 16.8 Å². The molecule has 4 heteroatoms. The Morgan fingerprint density at radius 3 is 2.81 bits per heavy atom. The van der Waals surface area contributed by atoms with Crippen molar-refractivity contribution in [2.24, 2.45) is 0 Å². The van der Waals surface area contributed by atoms with E-state index in [-0.39, 0.29) is 12.0 Å². The Bertz CT molecular complexity index is 932. The fraction of sp³-hybridized carbons (Fsp3) is 0.273. The van der Waals surface area contributed by atoms with E-state index < -0.39 is 0 Å². The summed E-state index contributed by atoms with van der Waals surface area (Å²) in [5, 5.41) is 3.92. The van der Waals surface area contributed by atoms with Crippen molar-refractivity contribution in [3.63, 3.8) is 0 Å². The molecule has 0 bridgehead atoms. The second kappa shape index (κ2) is 7.26. The minimum atomic E-state index is -0.0734. The van der Waals surface area contributed by atoms with Gasteiger partial charge in [-0.15, -0.1) is 0 Å². The average molecular weight is 346 g/mol. The summed E-state index contributed by atoms with van der Waals surface area (Å²) in [6, 6.07) is 17.8. The highest BCUT2D eigenvalue weighted by atomic mass is 16.5. The van der Waals surface area contributed by atoms with Gasteiger partial charge in [-0.25, -0.2) is 4.98 Å². The number of carbonyl (C=O) groups excluding carboxylic acids is 1. The highest BCUT2D eigenvalue weighted by molar-refractivity contribution is 6.07. The number of hydrogen-bond donors (Lipinski definition) is 1. The number of aromatic nitrogens is 1. The quantitative estimate of drug-likeness (QED) is 0.773. The van der Waals surface area contributed by atoms with Crippen LogP contribution in [0.1, 0.15) is 28.8 Å². The first kappa shape index (κ1) is 16.7. The maximum Gasteiger partial charge on any atom is 0.252 e. The van der Waals surface area contributed by atoms with Gasteiger partial charge >= 0.3 is 0 Å². The summed E-state index contributed by atoms with van der Waals surface area (Å²) in [6.45, 7) is 3.36. The van der Waals surface area contributed by atoms with Crippen LogP contribution in [0.2, 0.25) is 0 Å². The van der Waals surface area contributed by atoms with E-state index in [1.165, 1.54) is 0 Å². The molecule has 4 rings (SSSR count). The SMILES string of the molecule is Cc1cccc2c(C(=O)NC[C@H]3CCCO3)cc(-c3ccccc3)nc12. The van der Waals surface area contributed by atoms with Gasteiger partial charge in [0.1, 0.15) is 0 Å². The standard InChI is InChI=1S/C22H22N2O2/c1-15-7-5-11-18-19(22(25)23-14-17-10-6-12-26-17)13-20(24-21(15)18)16-8-3-2-4-9-16/h2-5,7-9,11,13,17H,6,10,12,14H2,1H3,(H,23,25)/t17-/m1/s1. The molecule has 1 aliphatic heterocycles. The van der Waals surface area contributed by atoms with Crippen molar-refractivity contribution in [3.8, 4) is 11.3 Å². The van der Waals surface area contributed by atoms with Crippen molar-refractivity contribution in [1.82, 2.24) is 10.3 Å². The topological polar surface area (TPSA) is 51.2 Å². The molecule has 1 saturated heterocycles. The van der Waals surface area contributed by atoms with Crippen LogP contribution in [-0.4, -0.2) is 30.1 Å². The van der Waals surface area contributed by atoms with Gasteiger partial charge in [-0.3, -0.25) is 4.79 Å². The number of benzene rings is 2. The third-order valence-electron chi connectivity index (χ3n) is 4.87. The number of rotatable bonds is 4. The monoisotopic (exact) mass is 346 g/mol. The summed E-state index contributed by atoms with van der Waals surface area (Å²) in [5.74, 6) is -0.0734. The molecule has 0 aliphatic carbocycles. The largest absolute Gasteiger partial charge is 0.376 e. The maximum atomic E-state index is 12.9. The summed E-state index contributed by atoms with van der Waals surface area (Å²) in [6.07, 6.45) is 2.20. The van der Waals surface area contributed by atoms with Crippen LogP contribution in [0.25, 0.3) is 22.2 Å². The molecule has 26 heavy (non-hydrogen) atoms. The Morgan fingerprint density at radius 2 is 2.04 bits per heavy atom. The lowest BCUT2D eigenvalue weighted by Gasteiger charge is -2.14. The predicted molar refractivity (Wildman–Crippen MR) is 103 cm³/mol. The number of carbonyl (C=O) groups is 1. The molecule has 2 aromatic carbocycles. The Hall–Kier alpha value is -2.72. The van der Waals surface area contributed by atoms with Crippen LogP contribution in [0.4, 0.5) is 0 Å². The van der Waals surface area contributed by atoms with E-state index >= 15 is 0 Å². The lowest BCUT2D eigenvalue weighted by atomic mass is 10.0. The van der Waals surface area contributed by atoms with Gasteiger partial charge in [0.25, 0.3) is 5.91 Å². The lowest BCUT2D eigenvalue weighted by molar-refractivity contribution is 0.0859. The van der Waals surface area contributed by atoms with Crippen LogP contribution in [0.3, 0.4) is 0 Å². The molecule has 0 spiro atoms. The van der Waals surface area contributed by atoms with Crippen LogP contribution < -0.4 is 5.32 Å². The Kier molecular flexibility index (Phi) is 4.67. The van der Waals surface area contributed by atoms with Crippen molar-refractivity contribution in [2.45, 2.75) is 25.9 Å². The molecular weight excluding hydrogens is 324 g/mol.